The third-order valence-corrected chi connectivity index (χ3v) is 1.67. The van der Waals surface area contributed by atoms with E-state index in [-0.39, 0.29) is 13.2 Å². The van der Waals surface area contributed by atoms with Crippen molar-refractivity contribution in [3.8, 4) is 0 Å². The van der Waals surface area contributed by atoms with Gasteiger partial charge >= 0.3 is 6.18 Å². The molecule has 0 spiro atoms. The van der Waals surface area contributed by atoms with E-state index in [9.17, 15) is 13.2 Å². The summed E-state index contributed by atoms with van der Waals surface area (Å²) in [5.74, 6) is 0. The minimum Gasteiger partial charge on any atom is -0.370 e. The Balaban J connectivity index is 2.21. The molecule has 1 aromatic heterocycles. The smallest absolute Gasteiger partial charge is 0.370 e. The number of aromatic nitrogens is 3. The number of alkyl halides is 3. The minimum atomic E-state index is -4.28. The number of nitrogens with one attached hydrogen (secondary N) is 1. The van der Waals surface area contributed by atoms with Crippen LogP contribution in [-0.2, 0) is 17.8 Å². The zero-order chi connectivity index (χ0) is 12.0. The molecule has 0 atom stereocenters. The molecule has 0 bridgehead atoms. The summed E-state index contributed by atoms with van der Waals surface area (Å²) < 4.78 is 41.0. The molecule has 0 aromatic carbocycles. The third kappa shape index (κ3) is 5.08. The van der Waals surface area contributed by atoms with Crippen LogP contribution in [0.15, 0.2) is 6.20 Å². The van der Waals surface area contributed by atoms with E-state index in [2.05, 4.69) is 20.4 Å². The lowest BCUT2D eigenvalue weighted by Gasteiger charge is -2.06. The van der Waals surface area contributed by atoms with Crippen LogP contribution in [0.5, 0.6) is 0 Å². The number of hydrogen-bond donors (Lipinski definition) is 1. The van der Waals surface area contributed by atoms with Crippen LogP contribution in [0.2, 0.25) is 0 Å². The van der Waals surface area contributed by atoms with Gasteiger partial charge in [0.05, 0.1) is 18.8 Å². The lowest BCUT2D eigenvalue weighted by molar-refractivity contribution is -0.174. The molecule has 0 amide bonds. The number of halogens is 3. The highest BCUT2D eigenvalue weighted by atomic mass is 19.4. The fraction of sp³-hybridized carbons (Fsp3) is 0.750. The molecule has 1 heterocycles. The van der Waals surface area contributed by atoms with Crippen LogP contribution < -0.4 is 5.32 Å². The van der Waals surface area contributed by atoms with Crippen LogP contribution in [0.1, 0.15) is 5.69 Å². The highest BCUT2D eigenvalue weighted by Crippen LogP contribution is 2.14. The van der Waals surface area contributed by atoms with Crippen molar-refractivity contribution >= 4 is 0 Å². The lowest BCUT2D eigenvalue weighted by atomic mass is 10.5. The molecule has 0 aliphatic rings. The van der Waals surface area contributed by atoms with Crippen molar-refractivity contribution in [3.05, 3.63) is 11.9 Å². The Morgan fingerprint density at radius 2 is 2.25 bits per heavy atom. The molecule has 16 heavy (non-hydrogen) atoms. The van der Waals surface area contributed by atoms with Crippen LogP contribution in [0.4, 0.5) is 13.2 Å². The topological polar surface area (TPSA) is 52.0 Å². The normalized spacial score (nSPS) is 12.0. The molecule has 0 fully saturated rings. The van der Waals surface area contributed by atoms with E-state index in [1.54, 1.807) is 13.2 Å². The molecule has 0 aliphatic heterocycles. The van der Waals surface area contributed by atoms with Crippen molar-refractivity contribution in [1.82, 2.24) is 20.3 Å². The maximum atomic E-state index is 11.7. The van der Waals surface area contributed by atoms with Crippen LogP contribution in [0.3, 0.4) is 0 Å². The molecule has 0 aliphatic carbocycles. The third-order valence-electron chi connectivity index (χ3n) is 1.67. The Morgan fingerprint density at radius 3 is 2.88 bits per heavy atom. The monoisotopic (exact) mass is 238 g/mol. The second kappa shape index (κ2) is 5.80. The molecule has 5 nitrogen and oxygen atoms in total. The van der Waals surface area contributed by atoms with E-state index in [4.69, 9.17) is 0 Å². The Hall–Kier alpha value is -1.15. The second-order valence-corrected chi connectivity index (χ2v) is 3.17. The first-order chi connectivity index (χ1) is 7.51. The van der Waals surface area contributed by atoms with Crippen molar-refractivity contribution in [2.75, 3.05) is 20.3 Å². The van der Waals surface area contributed by atoms with Crippen molar-refractivity contribution in [2.45, 2.75) is 19.3 Å². The molecule has 1 N–H and O–H groups in total. The zero-order valence-electron chi connectivity index (χ0n) is 8.79. The van der Waals surface area contributed by atoms with Crippen LogP contribution in [-0.4, -0.2) is 41.4 Å². The molecule has 0 radical (unpaired) electrons. The molecular formula is C8H13F3N4O. The predicted molar refractivity (Wildman–Crippen MR) is 49.7 cm³/mol. The number of nitrogens with zero attached hydrogens (tertiary/aromatic N) is 3. The quantitative estimate of drug-likeness (QED) is 0.736. The van der Waals surface area contributed by atoms with Crippen LogP contribution in [0.25, 0.3) is 0 Å². The van der Waals surface area contributed by atoms with Crippen molar-refractivity contribution in [1.29, 1.82) is 0 Å². The minimum absolute atomic E-state index is 0.0398. The fourth-order valence-corrected chi connectivity index (χ4v) is 1.06. The van der Waals surface area contributed by atoms with E-state index in [0.717, 1.165) is 5.69 Å². The number of rotatable bonds is 6. The standard InChI is InChI=1S/C8H13F3N4O/c1-12-4-7-5-15(14-13-7)2-3-16-6-8(9,10)11/h5,12H,2-4,6H2,1H3. The summed E-state index contributed by atoms with van der Waals surface area (Å²) in [6, 6.07) is 0. The van der Waals surface area contributed by atoms with E-state index < -0.39 is 12.8 Å². The SMILES string of the molecule is CNCc1cn(CCOCC(F)(F)F)nn1. The lowest BCUT2D eigenvalue weighted by Crippen LogP contribution is -2.19. The molecule has 0 saturated heterocycles. The summed E-state index contributed by atoms with van der Waals surface area (Å²) in [5, 5.41) is 10.4. The highest BCUT2D eigenvalue weighted by Gasteiger charge is 2.27. The summed E-state index contributed by atoms with van der Waals surface area (Å²) in [6.07, 6.45) is -2.62. The van der Waals surface area contributed by atoms with Crippen LogP contribution >= 0.6 is 0 Å². The average molecular weight is 238 g/mol. The van der Waals surface area contributed by atoms with E-state index in [0.29, 0.717) is 6.54 Å². The molecule has 92 valence electrons. The maximum absolute atomic E-state index is 11.7. The molecule has 0 saturated carbocycles. The van der Waals surface area contributed by atoms with Gasteiger partial charge in [0.2, 0.25) is 0 Å². The molecule has 1 aromatic rings. The van der Waals surface area contributed by atoms with Crippen molar-refractivity contribution < 1.29 is 17.9 Å². The van der Waals surface area contributed by atoms with E-state index in [1.165, 1.54) is 4.68 Å². The van der Waals surface area contributed by atoms with Gasteiger partial charge in [0.15, 0.2) is 0 Å². The van der Waals surface area contributed by atoms with Gasteiger partial charge < -0.3 is 10.1 Å². The van der Waals surface area contributed by atoms with Gasteiger partial charge in [0.25, 0.3) is 0 Å². The highest BCUT2D eigenvalue weighted by molar-refractivity contribution is 4.90. The summed E-state index contributed by atoms with van der Waals surface area (Å²) in [6.45, 7) is -0.441. The molecular weight excluding hydrogens is 225 g/mol. The van der Waals surface area contributed by atoms with Crippen LogP contribution in [0, 0.1) is 0 Å². The summed E-state index contributed by atoms with van der Waals surface area (Å²) in [7, 11) is 1.77. The van der Waals surface area contributed by atoms with Gasteiger partial charge in [-0.15, -0.1) is 5.10 Å². The number of hydrogen-bond acceptors (Lipinski definition) is 4. The van der Waals surface area contributed by atoms with Gasteiger partial charge in [-0.05, 0) is 7.05 Å². The van der Waals surface area contributed by atoms with Gasteiger partial charge in [-0.3, -0.25) is 0 Å². The summed E-state index contributed by atoms with van der Waals surface area (Å²) in [4.78, 5) is 0. The second-order valence-electron chi connectivity index (χ2n) is 3.17. The average Bonchev–Trinajstić information content (AvgIpc) is 2.60. The largest absolute Gasteiger partial charge is 0.411 e. The van der Waals surface area contributed by atoms with Gasteiger partial charge in [-0.1, -0.05) is 5.21 Å². The van der Waals surface area contributed by atoms with Gasteiger partial charge in [0, 0.05) is 12.7 Å². The first-order valence-electron chi connectivity index (χ1n) is 4.69. The van der Waals surface area contributed by atoms with Gasteiger partial charge in [-0.25, -0.2) is 4.68 Å². The van der Waals surface area contributed by atoms with Crippen molar-refractivity contribution in [2.24, 2.45) is 0 Å². The Morgan fingerprint density at radius 1 is 1.50 bits per heavy atom. The van der Waals surface area contributed by atoms with Gasteiger partial charge in [0.1, 0.15) is 6.61 Å². The maximum Gasteiger partial charge on any atom is 0.411 e. The number of ether oxygens (including phenoxy) is 1. The Labute approximate surface area is 90.6 Å². The first-order valence-corrected chi connectivity index (χ1v) is 4.69. The zero-order valence-corrected chi connectivity index (χ0v) is 8.79. The Kier molecular flexibility index (Phi) is 4.69. The molecule has 8 heteroatoms. The van der Waals surface area contributed by atoms with Crippen molar-refractivity contribution in [3.63, 3.8) is 0 Å². The fourth-order valence-electron chi connectivity index (χ4n) is 1.06. The Bertz CT molecular complexity index is 312. The summed E-state index contributed by atoms with van der Waals surface area (Å²) >= 11 is 0. The van der Waals surface area contributed by atoms with E-state index >= 15 is 0 Å². The van der Waals surface area contributed by atoms with E-state index in [1.807, 2.05) is 0 Å². The molecule has 0 unspecified atom stereocenters. The first kappa shape index (κ1) is 12.9. The van der Waals surface area contributed by atoms with Gasteiger partial charge in [-0.2, -0.15) is 13.2 Å². The molecule has 1 rings (SSSR count). The summed E-state index contributed by atoms with van der Waals surface area (Å²) in [5.41, 5.74) is 0.735. The predicted octanol–water partition coefficient (Wildman–Crippen LogP) is 0.576.